The molecule has 0 aliphatic carbocycles. The number of rotatable bonds is 6. The van der Waals surface area contributed by atoms with Crippen LogP contribution in [0.3, 0.4) is 0 Å². The average Bonchev–Trinajstić information content (AvgIpc) is 2.83. The maximum Gasteiger partial charge on any atom is 0.251 e. The van der Waals surface area contributed by atoms with Gasteiger partial charge in [-0.05, 0) is 42.8 Å². The van der Waals surface area contributed by atoms with E-state index >= 15 is 0 Å². The van der Waals surface area contributed by atoms with Gasteiger partial charge in [0.2, 0.25) is 0 Å². The monoisotopic (exact) mass is 458 g/mol. The maximum absolute atomic E-state index is 12.6. The van der Waals surface area contributed by atoms with Gasteiger partial charge in [-0.15, -0.1) is 0 Å². The van der Waals surface area contributed by atoms with Crippen LogP contribution in [0.4, 0.5) is 0 Å². The van der Waals surface area contributed by atoms with Crippen LogP contribution in [-0.2, 0) is 16.4 Å². The zero-order chi connectivity index (χ0) is 23.4. The molecule has 0 aliphatic rings. The van der Waals surface area contributed by atoms with E-state index in [0.29, 0.717) is 17.1 Å². The lowest BCUT2D eigenvalue weighted by Crippen LogP contribution is -2.23. The Bertz CT molecular complexity index is 1420. The van der Waals surface area contributed by atoms with Gasteiger partial charge in [0, 0.05) is 35.3 Å². The molecular weight excluding hydrogens is 436 g/mol. The molecule has 0 atom stereocenters. The predicted octanol–water partition coefficient (Wildman–Crippen LogP) is 3.85. The fraction of sp³-hybridized carbons (Fsp3) is 0.120. The van der Waals surface area contributed by atoms with Gasteiger partial charge < -0.3 is 5.32 Å². The van der Waals surface area contributed by atoms with Crippen LogP contribution < -0.4 is 5.32 Å². The SMILES string of the molecule is Cc1ccc(C(=O)NCc2cc(-c3ccnc(-c4ccccc4)n3)ccn2)cc1S(C)(=O)=O. The van der Waals surface area contributed by atoms with Gasteiger partial charge in [0.25, 0.3) is 5.91 Å². The highest BCUT2D eigenvalue weighted by Crippen LogP contribution is 2.21. The van der Waals surface area contributed by atoms with Gasteiger partial charge in [0.05, 0.1) is 22.8 Å². The molecule has 0 fully saturated rings. The van der Waals surface area contributed by atoms with Crippen molar-refractivity contribution in [2.24, 2.45) is 0 Å². The van der Waals surface area contributed by atoms with Crippen molar-refractivity contribution in [3.8, 4) is 22.6 Å². The molecule has 0 bridgehead atoms. The van der Waals surface area contributed by atoms with Crippen molar-refractivity contribution in [3.63, 3.8) is 0 Å². The average molecular weight is 459 g/mol. The normalized spacial score (nSPS) is 11.2. The van der Waals surface area contributed by atoms with Crippen LogP contribution >= 0.6 is 0 Å². The number of amides is 1. The third kappa shape index (κ3) is 5.30. The second kappa shape index (κ2) is 9.30. The molecule has 1 amide bonds. The van der Waals surface area contributed by atoms with Gasteiger partial charge >= 0.3 is 0 Å². The molecule has 0 saturated heterocycles. The Morgan fingerprint density at radius 1 is 0.909 bits per heavy atom. The Kier molecular flexibility index (Phi) is 6.28. The van der Waals surface area contributed by atoms with E-state index in [1.807, 2.05) is 48.5 Å². The summed E-state index contributed by atoms with van der Waals surface area (Å²) in [5.41, 5.74) is 4.05. The molecule has 4 aromatic rings. The first-order chi connectivity index (χ1) is 15.8. The number of pyridine rings is 1. The van der Waals surface area contributed by atoms with Crippen LogP contribution in [0, 0.1) is 6.92 Å². The van der Waals surface area contributed by atoms with E-state index in [4.69, 9.17) is 0 Å². The third-order valence-corrected chi connectivity index (χ3v) is 6.32. The highest BCUT2D eigenvalue weighted by Gasteiger charge is 2.15. The molecule has 7 nitrogen and oxygen atoms in total. The molecule has 0 aliphatic heterocycles. The lowest BCUT2D eigenvalue weighted by molar-refractivity contribution is 0.0950. The summed E-state index contributed by atoms with van der Waals surface area (Å²) in [4.78, 5) is 26.1. The first-order valence-corrected chi connectivity index (χ1v) is 12.1. The maximum atomic E-state index is 12.6. The Labute approximate surface area is 192 Å². The van der Waals surface area contributed by atoms with E-state index in [1.54, 1.807) is 31.5 Å². The van der Waals surface area contributed by atoms with Gasteiger partial charge in [-0.25, -0.2) is 18.4 Å². The minimum absolute atomic E-state index is 0.147. The zero-order valence-corrected chi connectivity index (χ0v) is 19.0. The smallest absolute Gasteiger partial charge is 0.251 e. The number of aryl methyl sites for hydroxylation is 1. The van der Waals surface area contributed by atoms with Crippen LogP contribution in [-0.4, -0.2) is 35.5 Å². The van der Waals surface area contributed by atoms with Crippen molar-refractivity contribution in [2.45, 2.75) is 18.4 Å². The van der Waals surface area contributed by atoms with E-state index in [-0.39, 0.29) is 22.9 Å². The lowest BCUT2D eigenvalue weighted by Gasteiger charge is -2.09. The molecule has 2 heterocycles. The Hall–Kier alpha value is -3.91. The molecule has 8 heteroatoms. The number of aromatic nitrogens is 3. The van der Waals surface area contributed by atoms with Crippen LogP contribution in [0.1, 0.15) is 21.6 Å². The Balaban J connectivity index is 1.51. The van der Waals surface area contributed by atoms with E-state index < -0.39 is 9.84 Å². The summed E-state index contributed by atoms with van der Waals surface area (Å²) in [6, 6.07) is 19.9. The minimum Gasteiger partial charge on any atom is -0.346 e. The summed E-state index contributed by atoms with van der Waals surface area (Å²) in [5.74, 6) is 0.251. The number of hydrogen-bond acceptors (Lipinski definition) is 6. The van der Waals surface area contributed by atoms with Crippen molar-refractivity contribution in [2.75, 3.05) is 6.26 Å². The summed E-state index contributed by atoms with van der Waals surface area (Å²) in [6.07, 6.45) is 4.50. The van der Waals surface area contributed by atoms with Crippen molar-refractivity contribution in [3.05, 3.63) is 95.9 Å². The Morgan fingerprint density at radius 3 is 2.42 bits per heavy atom. The second-order valence-corrected chi connectivity index (χ2v) is 9.59. The van der Waals surface area contributed by atoms with Crippen LogP contribution in [0.5, 0.6) is 0 Å². The molecule has 2 aromatic carbocycles. The topological polar surface area (TPSA) is 102 Å². The van der Waals surface area contributed by atoms with Crippen LogP contribution in [0.2, 0.25) is 0 Å². The van der Waals surface area contributed by atoms with Crippen molar-refractivity contribution >= 4 is 15.7 Å². The van der Waals surface area contributed by atoms with Gasteiger partial charge in [0.1, 0.15) is 0 Å². The van der Waals surface area contributed by atoms with Gasteiger partial charge in [-0.3, -0.25) is 9.78 Å². The summed E-state index contributed by atoms with van der Waals surface area (Å²) >= 11 is 0. The molecule has 0 spiro atoms. The predicted molar refractivity (Wildman–Crippen MR) is 126 cm³/mol. The number of carbonyl (C=O) groups excluding carboxylic acids is 1. The highest BCUT2D eigenvalue weighted by atomic mass is 32.2. The Morgan fingerprint density at radius 2 is 1.67 bits per heavy atom. The van der Waals surface area contributed by atoms with Gasteiger partial charge in [-0.2, -0.15) is 0 Å². The second-order valence-electron chi connectivity index (χ2n) is 7.60. The molecule has 0 saturated carbocycles. The molecule has 4 rings (SSSR count). The summed E-state index contributed by atoms with van der Waals surface area (Å²) in [7, 11) is -3.42. The number of hydrogen-bond donors (Lipinski definition) is 1. The van der Waals surface area contributed by atoms with Crippen molar-refractivity contribution < 1.29 is 13.2 Å². The standard InChI is InChI=1S/C25H22N4O3S/c1-17-8-9-20(15-23(17)33(2,31)32)25(30)28-16-21-14-19(10-12-26-21)22-11-13-27-24(29-22)18-6-4-3-5-7-18/h3-15H,16H2,1-2H3,(H,28,30). The summed E-state index contributed by atoms with van der Waals surface area (Å²) in [5, 5.41) is 2.80. The molecular formula is C25H22N4O3S. The third-order valence-electron chi connectivity index (χ3n) is 5.08. The fourth-order valence-corrected chi connectivity index (χ4v) is 4.39. The van der Waals surface area contributed by atoms with E-state index in [9.17, 15) is 13.2 Å². The number of nitrogens with zero attached hydrogens (tertiary/aromatic N) is 3. The van der Waals surface area contributed by atoms with Crippen LogP contribution in [0.25, 0.3) is 22.6 Å². The lowest BCUT2D eigenvalue weighted by atomic mass is 10.1. The van der Waals surface area contributed by atoms with E-state index in [0.717, 1.165) is 23.1 Å². The summed E-state index contributed by atoms with van der Waals surface area (Å²) < 4.78 is 23.9. The van der Waals surface area contributed by atoms with Crippen LogP contribution in [0.15, 0.2) is 84.0 Å². The molecule has 1 N–H and O–H groups in total. The largest absolute Gasteiger partial charge is 0.346 e. The molecule has 0 unspecified atom stereocenters. The first-order valence-electron chi connectivity index (χ1n) is 10.2. The number of carbonyl (C=O) groups is 1. The molecule has 2 aromatic heterocycles. The van der Waals surface area contributed by atoms with Crippen molar-refractivity contribution in [1.29, 1.82) is 0 Å². The number of nitrogens with one attached hydrogen (secondary N) is 1. The van der Waals surface area contributed by atoms with Crippen molar-refractivity contribution in [1.82, 2.24) is 20.3 Å². The number of sulfone groups is 1. The van der Waals surface area contributed by atoms with Gasteiger partial charge in [0.15, 0.2) is 15.7 Å². The first kappa shape index (κ1) is 22.3. The van der Waals surface area contributed by atoms with Gasteiger partial charge in [-0.1, -0.05) is 36.4 Å². The number of benzene rings is 2. The molecule has 33 heavy (non-hydrogen) atoms. The zero-order valence-electron chi connectivity index (χ0n) is 18.2. The molecule has 166 valence electrons. The highest BCUT2D eigenvalue weighted by molar-refractivity contribution is 7.90. The quantitative estimate of drug-likeness (QED) is 0.471. The van der Waals surface area contributed by atoms with E-state index in [1.165, 1.54) is 6.07 Å². The molecule has 0 radical (unpaired) electrons. The summed E-state index contributed by atoms with van der Waals surface area (Å²) in [6.45, 7) is 1.88. The van der Waals surface area contributed by atoms with E-state index in [2.05, 4.69) is 20.3 Å². The fourth-order valence-electron chi connectivity index (χ4n) is 3.39. The minimum atomic E-state index is -3.42.